The lowest BCUT2D eigenvalue weighted by molar-refractivity contribution is -0.270. The molecule has 0 radical (unpaired) electrons. The largest absolute Gasteiger partial charge is 0.444 e. The predicted molar refractivity (Wildman–Crippen MR) is 122 cm³/mol. The van der Waals surface area contributed by atoms with E-state index in [1.165, 1.54) is 11.9 Å². The average molecular weight is 535 g/mol. The number of nitrogens with one attached hydrogen (secondary N) is 1. The van der Waals surface area contributed by atoms with Crippen molar-refractivity contribution in [2.45, 2.75) is 76.4 Å². The standard InChI is InChI=1S/C23H27F5N4O3S/c1-22(2,3)35-21(33)29-16-8-18(31-9-12-10-32(36-4)30-17(12)11-31)20(23(26,27)28)34-19(16)14-7-13(24)5-6-15(14)25/h5-7,10,16,18-20H,8-9,11H2,1-4H3,(H,29,33)/t16?,18?,19-,20?/m1/s1. The van der Waals surface area contributed by atoms with Crippen LogP contribution >= 0.6 is 11.9 Å². The quantitative estimate of drug-likeness (QED) is 0.560. The van der Waals surface area contributed by atoms with E-state index in [4.69, 9.17) is 9.47 Å². The number of nitrogens with zero attached hydrogens (tertiary/aromatic N) is 3. The predicted octanol–water partition coefficient (Wildman–Crippen LogP) is 4.96. The van der Waals surface area contributed by atoms with Crippen molar-refractivity contribution in [3.8, 4) is 0 Å². The maximum atomic E-state index is 14.7. The van der Waals surface area contributed by atoms with Crippen LogP contribution in [0.5, 0.6) is 0 Å². The van der Waals surface area contributed by atoms with Crippen molar-refractivity contribution < 1.29 is 36.2 Å². The summed E-state index contributed by atoms with van der Waals surface area (Å²) in [6.45, 7) is 5.25. The highest BCUT2D eigenvalue weighted by Gasteiger charge is 2.55. The fourth-order valence-electron chi connectivity index (χ4n) is 4.58. The molecule has 13 heteroatoms. The maximum Gasteiger partial charge on any atom is 0.416 e. The molecule has 198 valence electrons. The summed E-state index contributed by atoms with van der Waals surface area (Å²) in [6.07, 6.45) is -6.26. The first-order chi connectivity index (χ1) is 16.7. The molecule has 2 aliphatic heterocycles. The molecule has 0 spiro atoms. The van der Waals surface area contributed by atoms with Crippen molar-refractivity contribution in [3.05, 3.63) is 52.9 Å². The third-order valence-electron chi connectivity index (χ3n) is 6.03. The number of carbonyl (C=O) groups excluding carboxylic acids is 1. The molecular weight excluding hydrogens is 507 g/mol. The normalized spacial score (nSPS) is 25.0. The van der Waals surface area contributed by atoms with Gasteiger partial charge in [0.1, 0.15) is 23.3 Å². The van der Waals surface area contributed by atoms with E-state index in [-0.39, 0.29) is 19.5 Å². The molecule has 1 saturated heterocycles. The van der Waals surface area contributed by atoms with Gasteiger partial charge >= 0.3 is 12.3 Å². The number of hydrogen-bond acceptors (Lipinski definition) is 6. The minimum atomic E-state index is -4.80. The Morgan fingerprint density at radius 2 is 1.94 bits per heavy atom. The number of alkyl carbamates (subject to hydrolysis) is 1. The second-order valence-electron chi connectivity index (χ2n) is 9.83. The van der Waals surface area contributed by atoms with Crippen molar-refractivity contribution in [3.63, 3.8) is 0 Å². The van der Waals surface area contributed by atoms with Gasteiger partial charge in [-0.25, -0.2) is 17.7 Å². The van der Waals surface area contributed by atoms with Crippen molar-refractivity contribution in [1.29, 1.82) is 0 Å². The average Bonchev–Trinajstić information content (AvgIpc) is 3.32. The molecule has 1 amide bonds. The Morgan fingerprint density at radius 1 is 1.22 bits per heavy atom. The summed E-state index contributed by atoms with van der Waals surface area (Å²) in [5.41, 5.74) is 0.151. The first-order valence-electron chi connectivity index (χ1n) is 11.3. The number of benzene rings is 1. The molecule has 4 rings (SSSR count). The van der Waals surface area contributed by atoms with E-state index in [2.05, 4.69) is 10.4 Å². The zero-order valence-electron chi connectivity index (χ0n) is 20.1. The van der Waals surface area contributed by atoms with Gasteiger partial charge in [0.15, 0.2) is 6.10 Å². The summed E-state index contributed by atoms with van der Waals surface area (Å²) in [5, 5.41) is 6.91. The zero-order chi connectivity index (χ0) is 26.4. The molecule has 2 aromatic rings. The molecule has 3 heterocycles. The number of alkyl halides is 3. The second-order valence-corrected chi connectivity index (χ2v) is 10.6. The van der Waals surface area contributed by atoms with Crippen molar-refractivity contribution in [1.82, 2.24) is 19.4 Å². The monoisotopic (exact) mass is 534 g/mol. The molecule has 36 heavy (non-hydrogen) atoms. The molecule has 1 aromatic heterocycles. The fourth-order valence-corrected chi connectivity index (χ4v) is 5.00. The highest BCUT2D eigenvalue weighted by molar-refractivity contribution is 7.97. The lowest BCUT2D eigenvalue weighted by Gasteiger charge is -2.45. The Balaban J connectivity index is 1.67. The molecule has 2 aliphatic rings. The Labute approximate surface area is 209 Å². The molecule has 0 saturated carbocycles. The minimum Gasteiger partial charge on any atom is -0.444 e. The van der Waals surface area contributed by atoms with E-state index in [9.17, 15) is 26.7 Å². The third kappa shape index (κ3) is 5.78. The summed E-state index contributed by atoms with van der Waals surface area (Å²) < 4.78 is 83.8. The Morgan fingerprint density at radius 3 is 2.56 bits per heavy atom. The molecule has 0 bridgehead atoms. The zero-order valence-corrected chi connectivity index (χ0v) is 20.9. The van der Waals surface area contributed by atoms with Crippen molar-refractivity contribution in [2.75, 3.05) is 6.26 Å². The first kappa shape index (κ1) is 26.7. The van der Waals surface area contributed by atoms with Gasteiger partial charge in [0.05, 0.1) is 11.7 Å². The van der Waals surface area contributed by atoms with Crippen LogP contribution in [-0.2, 0) is 22.6 Å². The molecule has 0 aliphatic carbocycles. The van der Waals surface area contributed by atoms with Gasteiger partial charge in [0.25, 0.3) is 0 Å². The van der Waals surface area contributed by atoms with Crippen LogP contribution in [0.25, 0.3) is 0 Å². The van der Waals surface area contributed by atoms with Crippen LogP contribution in [-0.4, -0.2) is 56.4 Å². The molecule has 1 N–H and O–H groups in total. The number of rotatable bonds is 4. The Kier molecular flexibility index (Phi) is 7.28. The van der Waals surface area contributed by atoms with Crippen LogP contribution in [0.2, 0.25) is 0 Å². The van der Waals surface area contributed by atoms with E-state index < -0.39 is 59.4 Å². The van der Waals surface area contributed by atoms with Crippen LogP contribution in [0, 0.1) is 11.6 Å². The van der Waals surface area contributed by atoms with Gasteiger partial charge in [-0.05, 0) is 57.3 Å². The number of amides is 1. The van der Waals surface area contributed by atoms with Gasteiger partial charge in [0, 0.05) is 42.7 Å². The highest BCUT2D eigenvalue weighted by atomic mass is 32.2. The number of halogens is 5. The fraction of sp³-hybridized carbons (Fsp3) is 0.565. The number of aromatic nitrogens is 2. The minimum absolute atomic E-state index is 0.154. The van der Waals surface area contributed by atoms with Gasteiger partial charge in [-0.2, -0.15) is 18.3 Å². The molecule has 4 atom stereocenters. The summed E-state index contributed by atoms with van der Waals surface area (Å²) in [5.74, 6) is -1.78. The summed E-state index contributed by atoms with van der Waals surface area (Å²) in [7, 11) is 0. The third-order valence-corrected chi connectivity index (χ3v) is 6.59. The van der Waals surface area contributed by atoms with Crippen LogP contribution in [0.4, 0.5) is 26.7 Å². The molecule has 1 fully saturated rings. The summed E-state index contributed by atoms with van der Waals surface area (Å²) >= 11 is 1.36. The number of hydrogen-bond donors (Lipinski definition) is 1. The highest BCUT2D eigenvalue weighted by Crippen LogP contribution is 2.43. The van der Waals surface area contributed by atoms with E-state index in [0.29, 0.717) is 5.69 Å². The lowest BCUT2D eigenvalue weighted by atomic mass is 9.88. The van der Waals surface area contributed by atoms with E-state index >= 15 is 0 Å². The SMILES string of the molecule is CSn1cc2c(n1)CN(C1CC(NC(=O)OC(C)(C)C)[C@@H](c3cc(F)ccc3F)OC1C(F)(F)F)C2. The van der Waals surface area contributed by atoms with Crippen LogP contribution in [0.15, 0.2) is 24.4 Å². The topological polar surface area (TPSA) is 68.6 Å². The maximum absolute atomic E-state index is 14.7. The Hall–Kier alpha value is -2.38. The van der Waals surface area contributed by atoms with Crippen molar-refractivity contribution in [2.24, 2.45) is 0 Å². The Bertz CT molecular complexity index is 1100. The van der Waals surface area contributed by atoms with Gasteiger partial charge in [-0.3, -0.25) is 4.90 Å². The van der Waals surface area contributed by atoms with Crippen molar-refractivity contribution >= 4 is 18.0 Å². The van der Waals surface area contributed by atoms with Gasteiger partial charge in [0.2, 0.25) is 0 Å². The van der Waals surface area contributed by atoms with Crippen LogP contribution in [0.1, 0.15) is 50.1 Å². The summed E-state index contributed by atoms with van der Waals surface area (Å²) in [6, 6.07) is 0.122. The molecule has 7 nitrogen and oxygen atoms in total. The molecule has 1 aromatic carbocycles. The first-order valence-corrected chi connectivity index (χ1v) is 12.5. The number of ether oxygens (including phenoxy) is 2. The number of fused-ring (bicyclic) bond motifs is 1. The van der Waals surface area contributed by atoms with Gasteiger partial charge < -0.3 is 14.8 Å². The van der Waals surface area contributed by atoms with Gasteiger partial charge in [-0.1, -0.05) is 0 Å². The molecule has 3 unspecified atom stereocenters. The lowest BCUT2D eigenvalue weighted by Crippen LogP contribution is -2.59. The molecular formula is C23H27F5N4O3S. The smallest absolute Gasteiger partial charge is 0.416 e. The van der Waals surface area contributed by atoms with Crippen LogP contribution in [0.3, 0.4) is 0 Å². The summed E-state index contributed by atoms with van der Waals surface area (Å²) in [4.78, 5) is 14.1. The van der Waals surface area contributed by atoms with E-state index in [1.807, 2.05) is 6.26 Å². The van der Waals surface area contributed by atoms with Gasteiger partial charge in [-0.15, -0.1) is 0 Å². The number of carbonyl (C=O) groups is 1. The van der Waals surface area contributed by atoms with Crippen LogP contribution < -0.4 is 5.32 Å². The second kappa shape index (κ2) is 9.82. The van der Waals surface area contributed by atoms with E-state index in [1.54, 1.807) is 36.0 Å². The van der Waals surface area contributed by atoms with E-state index in [0.717, 1.165) is 23.8 Å².